The van der Waals surface area contributed by atoms with Crippen LogP contribution in [0.25, 0.3) is 11.1 Å². The van der Waals surface area contributed by atoms with Crippen LogP contribution >= 0.6 is 0 Å². The maximum Gasteiger partial charge on any atom is 0.0408 e. The van der Waals surface area contributed by atoms with Crippen LogP contribution in [0.1, 0.15) is 76.3 Å². The van der Waals surface area contributed by atoms with Crippen molar-refractivity contribution in [3.63, 3.8) is 0 Å². The highest BCUT2D eigenvalue weighted by molar-refractivity contribution is 5.82. The second kappa shape index (κ2) is 9.80. The topological polar surface area (TPSA) is 3.24 Å². The van der Waals surface area contributed by atoms with Crippen LogP contribution in [0.2, 0.25) is 0 Å². The van der Waals surface area contributed by atoms with Crippen LogP contribution in [0.5, 0.6) is 0 Å². The second-order valence-corrected chi connectivity index (χ2v) is 7.69. The minimum absolute atomic E-state index is 1.09. The number of anilines is 1. The lowest BCUT2D eigenvalue weighted by Gasteiger charge is -2.26. The Balaban J connectivity index is 1.55. The zero-order chi connectivity index (χ0) is 18.2. The summed E-state index contributed by atoms with van der Waals surface area (Å²) >= 11 is 0. The van der Waals surface area contributed by atoms with Crippen LogP contribution in [0.4, 0.5) is 5.69 Å². The summed E-state index contributed by atoms with van der Waals surface area (Å²) in [5.41, 5.74) is 7.37. The summed E-state index contributed by atoms with van der Waals surface area (Å²) in [7, 11) is 0. The Hall–Kier alpha value is -1.76. The molecule has 0 amide bonds. The third-order valence-electron chi connectivity index (χ3n) is 5.83. The number of rotatable bonds is 11. The lowest BCUT2D eigenvalue weighted by atomic mass is 10.0. The lowest BCUT2D eigenvalue weighted by molar-refractivity contribution is 0.572. The van der Waals surface area contributed by atoms with Gasteiger partial charge in [-0.1, -0.05) is 88.3 Å². The van der Waals surface area contributed by atoms with E-state index in [1.807, 2.05) is 0 Å². The first-order valence-electron chi connectivity index (χ1n) is 10.8. The van der Waals surface area contributed by atoms with Crippen molar-refractivity contribution in [2.24, 2.45) is 0 Å². The Morgan fingerprint density at radius 1 is 0.731 bits per heavy atom. The summed E-state index contributed by atoms with van der Waals surface area (Å²) in [6.45, 7) is 6.88. The highest BCUT2D eigenvalue weighted by Gasteiger charge is 2.22. The van der Waals surface area contributed by atoms with Crippen LogP contribution in [-0.2, 0) is 6.42 Å². The average Bonchev–Trinajstić information content (AvgIpc) is 3.06. The molecule has 0 aromatic heterocycles. The molecule has 1 heteroatoms. The summed E-state index contributed by atoms with van der Waals surface area (Å²) < 4.78 is 0. The number of unbranched alkanes of at least 4 members (excludes halogenated alkanes) is 7. The first-order chi connectivity index (χ1) is 12.8. The Morgan fingerprint density at radius 2 is 1.42 bits per heavy atom. The van der Waals surface area contributed by atoms with Crippen molar-refractivity contribution in [2.75, 3.05) is 18.0 Å². The van der Waals surface area contributed by atoms with Crippen LogP contribution in [0, 0.1) is 0 Å². The molecule has 1 nitrogen and oxygen atoms in total. The van der Waals surface area contributed by atoms with Crippen LogP contribution in [0.15, 0.2) is 42.5 Å². The number of fused-ring (bicyclic) bond motifs is 3. The fourth-order valence-corrected chi connectivity index (χ4v) is 4.32. The summed E-state index contributed by atoms with van der Waals surface area (Å²) in [5.74, 6) is 0. The van der Waals surface area contributed by atoms with Gasteiger partial charge in [-0.15, -0.1) is 0 Å². The van der Waals surface area contributed by atoms with E-state index in [0.717, 1.165) is 13.0 Å². The molecule has 0 atom stereocenters. The molecule has 2 aromatic carbocycles. The third kappa shape index (κ3) is 4.50. The van der Waals surface area contributed by atoms with Gasteiger partial charge in [0.25, 0.3) is 0 Å². The molecule has 0 aliphatic heterocycles. The maximum absolute atomic E-state index is 2.60. The smallest absolute Gasteiger partial charge is 0.0408 e. The second-order valence-electron chi connectivity index (χ2n) is 7.69. The molecule has 0 fully saturated rings. The molecule has 0 saturated heterocycles. The van der Waals surface area contributed by atoms with E-state index in [4.69, 9.17) is 0 Å². The van der Waals surface area contributed by atoms with Gasteiger partial charge >= 0.3 is 0 Å². The van der Waals surface area contributed by atoms with E-state index in [0.29, 0.717) is 0 Å². The quantitative estimate of drug-likeness (QED) is 0.330. The summed E-state index contributed by atoms with van der Waals surface area (Å²) in [5, 5.41) is 0. The van der Waals surface area contributed by atoms with Gasteiger partial charge in [0.2, 0.25) is 0 Å². The zero-order valence-corrected chi connectivity index (χ0v) is 16.8. The molecule has 0 spiro atoms. The monoisotopic (exact) mass is 349 g/mol. The molecule has 0 saturated carbocycles. The number of hydrogen-bond acceptors (Lipinski definition) is 1. The SMILES string of the molecule is CCCCCCCCCCN(CC)c1cccc2c1Cc1ccccc1-2. The van der Waals surface area contributed by atoms with E-state index in [1.165, 1.54) is 85.9 Å². The minimum Gasteiger partial charge on any atom is -0.372 e. The third-order valence-corrected chi connectivity index (χ3v) is 5.83. The fraction of sp³-hybridized carbons (Fsp3) is 0.520. The van der Waals surface area contributed by atoms with E-state index < -0.39 is 0 Å². The predicted molar refractivity (Wildman–Crippen MR) is 115 cm³/mol. The molecule has 2 aromatic rings. The first-order valence-corrected chi connectivity index (χ1v) is 10.8. The van der Waals surface area contributed by atoms with E-state index in [9.17, 15) is 0 Å². The molecular formula is C25H35N. The predicted octanol–water partition coefficient (Wildman–Crippen LogP) is 7.22. The molecule has 0 bridgehead atoms. The fourth-order valence-electron chi connectivity index (χ4n) is 4.32. The van der Waals surface area contributed by atoms with Crippen molar-refractivity contribution < 1.29 is 0 Å². The average molecular weight is 350 g/mol. The van der Waals surface area contributed by atoms with Crippen molar-refractivity contribution >= 4 is 5.69 Å². The lowest BCUT2D eigenvalue weighted by Crippen LogP contribution is -2.25. The summed E-state index contributed by atoms with van der Waals surface area (Å²) in [6.07, 6.45) is 12.2. The van der Waals surface area contributed by atoms with Crippen molar-refractivity contribution in [3.05, 3.63) is 53.6 Å². The number of hydrogen-bond donors (Lipinski definition) is 0. The molecule has 0 heterocycles. The normalized spacial score (nSPS) is 12.1. The molecular weight excluding hydrogens is 314 g/mol. The Labute approximate surface area is 160 Å². The standard InChI is InChI=1S/C25H35N/c1-3-5-6-7-8-9-10-13-19-26(4-2)25-18-14-17-23-22-16-12-11-15-21(22)20-24(23)25/h11-12,14-18H,3-10,13,19-20H2,1-2H3. The van der Waals surface area contributed by atoms with Gasteiger partial charge in [-0.05, 0) is 41.7 Å². The van der Waals surface area contributed by atoms with Gasteiger partial charge < -0.3 is 4.90 Å². The van der Waals surface area contributed by atoms with Crippen molar-refractivity contribution in [1.29, 1.82) is 0 Å². The number of nitrogens with zero attached hydrogens (tertiary/aromatic N) is 1. The zero-order valence-electron chi connectivity index (χ0n) is 16.8. The van der Waals surface area contributed by atoms with Crippen molar-refractivity contribution in [2.45, 2.75) is 71.6 Å². The summed E-state index contributed by atoms with van der Waals surface area (Å²) in [4.78, 5) is 2.60. The van der Waals surface area contributed by atoms with E-state index in [2.05, 4.69) is 61.2 Å². The van der Waals surface area contributed by atoms with Crippen molar-refractivity contribution in [1.82, 2.24) is 0 Å². The van der Waals surface area contributed by atoms with Crippen LogP contribution in [0.3, 0.4) is 0 Å². The first kappa shape index (κ1) is 19.0. The molecule has 0 radical (unpaired) electrons. The Morgan fingerprint density at radius 3 is 2.19 bits per heavy atom. The molecule has 1 aliphatic carbocycles. The molecule has 3 rings (SSSR count). The van der Waals surface area contributed by atoms with Gasteiger partial charge in [-0.25, -0.2) is 0 Å². The van der Waals surface area contributed by atoms with E-state index >= 15 is 0 Å². The van der Waals surface area contributed by atoms with E-state index in [1.54, 1.807) is 0 Å². The molecule has 0 unspecified atom stereocenters. The molecule has 140 valence electrons. The van der Waals surface area contributed by atoms with E-state index in [-0.39, 0.29) is 0 Å². The van der Waals surface area contributed by atoms with Gasteiger partial charge in [-0.2, -0.15) is 0 Å². The van der Waals surface area contributed by atoms with Gasteiger partial charge in [0.05, 0.1) is 0 Å². The molecule has 26 heavy (non-hydrogen) atoms. The van der Waals surface area contributed by atoms with Crippen LogP contribution in [-0.4, -0.2) is 13.1 Å². The summed E-state index contributed by atoms with van der Waals surface area (Å²) in [6, 6.07) is 15.8. The molecule has 0 N–H and O–H groups in total. The highest BCUT2D eigenvalue weighted by Crippen LogP contribution is 2.41. The van der Waals surface area contributed by atoms with Gasteiger partial charge in [0.1, 0.15) is 0 Å². The number of benzene rings is 2. The molecule has 1 aliphatic rings. The van der Waals surface area contributed by atoms with Crippen LogP contribution < -0.4 is 4.90 Å². The minimum atomic E-state index is 1.09. The van der Waals surface area contributed by atoms with Gasteiger partial charge in [0, 0.05) is 25.2 Å². The largest absolute Gasteiger partial charge is 0.372 e. The van der Waals surface area contributed by atoms with Gasteiger partial charge in [0.15, 0.2) is 0 Å². The highest BCUT2D eigenvalue weighted by atomic mass is 15.1. The maximum atomic E-state index is 2.60. The van der Waals surface area contributed by atoms with Crippen molar-refractivity contribution in [3.8, 4) is 11.1 Å². The van der Waals surface area contributed by atoms with Gasteiger partial charge in [-0.3, -0.25) is 0 Å². The Kier molecular flexibility index (Phi) is 7.17. The Bertz CT molecular complexity index is 688.